The van der Waals surface area contributed by atoms with Crippen molar-refractivity contribution in [2.75, 3.05) is 43.5 Å². The van der Waals surface area contributed by atoms with E-state index in [-0.39, 0.29) is 133 Å². The van der Waals surface area contributed by atoms with Crippen LogP contribution in [0.2, 0.25) is 0 Å². The van der Waals surface area contributed by atoms with Gasteiger partial charge in [-0.2, -0.15) is 35.3 Å². The number of ketones is 1. The predicted octanol–water partition coefficient (Wildman–Crippen LogP) is 0.662. The van der Waals surface area contributed by atoms with E-state index in [1.165, 1.54) is 123 Å². The smallest absolute Gasteiger partial charge is 0.325 e. The van der Waals surface area contributed by atoms with E-state index in [1.54, 1.807) is 74.5 Å². The third-order valence-electron chi connectivity index (χ3n) is 22.7. The number of carboxylic acids is 1. The maximum Gasteiger partial charge on any atom is 0.325 e. The standard InChI is InChI=1S/C91H119N19O20S3/c1-47(2)73-86(125)102-68(83(122)96-50(5)90(129)130)44-131-41-56-15-25-59(26-16-56)75-106-76(60-27-17-57(18-28-60)42-132-45-69(101-79(118)49(4)92)84(123)97-64(12-9-35-95-91(93)94)80(119)98-65(52(7)113)38-54-21-31-62(115)32-22-54)108-77(107-75)61-29-19-58(20-30-61)43-133-46-70(103-82(121)67(40-111)100-78(117)48(3)51(6)112)88(127)110-37-11-14-72(110)89(128)109-36-10-13-71(109)85(124)99-66(39-55-23-33-63(116)34-24-55)81(120)105-74(53(8)114)87(126)104-73/h15-34,47-51,53,64-74,111-112,114-116H,9-14,35-46,92H2,1-8H3,(H,96,122)(H,97,123)(H,98,119)(H,99,124)(H,100,117)(H,101,118)(H,102,125)(H,103,121)(H,104,126)(H,105,120)(H,129,130)(H4,93,94,95)/t48?,49-,50-,51+,53+,64-,65-,66-,67-,68-,69-,70-,71-,72-,73-,74?/m0/s1. The summed E-state index contributed by atoms with van der Waals surface area (Å²) in [6.45, 7) is 10.5. The van der Waals surface area contributed by atoms with Gasteiger partial charge in [0, 0.05) is 77.3 Å². The number of aromatic hydroxyl groups is 2. The number of amides is 12. The molecule has 0 aliphatic carbocycles. The zero-order valence-corrected chi connectivity index (χ0v) is 77.6. The molecular formula is C91H119N19O20S3. The number of carbonyl (C=O) groups is 14. The van der Waals surface area contributed by atoms with Gasteiger partial charge in [0.15, 0.2) is 29.2 Å². The topological polar surface area (TPSA) is 614 Å². The summed E-state index contributed by atoms with van der Waals surface area (Å²) in [5.74, 6) is -12.6. The molecule has 716 valence electrons. The van der Waals surface area contributed by atoms with Gasteiger partial charge in [-0.3, -0.25) is 72.5 Å². The lowest BCUT2D eigenvalue weighted by molar-refractivity contribution is -0.148. The van der Waals surface area contributed by atoms with Crippen molar-refractivity contribution in [2.24, 2.45) is 23.3 Å². The van der Waals surface area contributed by atoms with Gasteiger partial charge in [-0.25, -0.2) is 15.0 Å². The minimum atomic E-state index is -1.81. The molecule has 133 heavy (non-hydrogen) atoms. The fraction of sp³-hybridized carbons (Fsp3) is 0.473. The van der Waals surface area contributed by atoms with Crippen LogP contribution in [0.3, 0.4) is 0 Å². The van der Waals surface area contributed by atoms with E-state index in [2.05, 4.69) is 58.5 Å². The average Bonchev–Trinajstić information content (AvgIpc) is 1.59. The van der Waals surface area contributed by atoms with Crippen LogP contribution in [0.15, 0.2) is 121 Å². The number of phenolic OH excluding ortho intramolecular Hbond substituents is 2. The first-order valence-corrected chi connectivity index (χ1v) is 47.2. The van der Waals surface area contributed by atoms with Crippen LogP contribution < -0.4 is 70.0 Å². The molecule has 0 spiro atoms. The maximum absolute atomic E-state index is 15.3. The molecule has 5 aliphatic rings. The SMILES string of the molecule is CC(=O)[C@H](Cc1ccc(O)cc1)NC(=O)[C@H](CCCNC(=N)N)NC(=O)[C@H](CSCc1ccc(-c2nc3nc(n2)-c2ccc(cc2)CSC[C@H](NC(=O)[C@H](CO)NC(=O)C(C)[C@@H](C)O)C(=O)N2CCC[C@H]2C(=O)N2CCC[C@H]2C(=O)N[C@@H](Cc2ccc(O)cc2)C(=O)NC([C@@H](C)O)C(=O)N[C@@H](C(C)C)C(=O)N[C@H](C(=O)N[C@@H](C)C(=O)O)CSCc2ccc-3cc2)cc1)NC(=O)[C@H](C)N. The van der Waals surface area contributed by atoms with Gasteiger partial charge in [0.1, 0.15) is 78.0 Å². The van der Waals surface area contributed by atoms with E-state index in [0.717, 1.165) is 11.1 Å². The lowest BCUT2D eigenvalue weighted by Gasteiger charge is -2.33. The molecule has 22 N–H and O–H groups in total. The second-order valence-electron chi connectivity index (χ2n) is 33.6. The number of carboxylic acid groups (broad SMARTS) is 1. The molecule has 5 aliphatic heterocycles. The van der Waals surface area contributed by atoms with Crippen LogP contribution in [0, 0.1) is 17.2 Å². The van der Waals surface area contributed by atoms with Gasteiger partial charge in [-0.05, 0) is 138 Å². The number of rotatable bonds is 31. The summed E-state index contributed by atoms with van der Waals surface area (Å²) in [6.07, 6.45) is -1.90. The number of benzene rings is 5. The number of phenols is 2. The largest absolute Gasteiger partial charge is 0.508 e. The van der Waals surface area contributed by atoms with E-state index in [4.69, 9.17) is 31.8 Å². The van der Waals surface area contributed by atoms with Gasteiger partial charge in [-0.15, -0.1) is 0 Å². The van der Waals surface area contributed by atoms with Crippen molar-refractivity contribution in [1.29, 1.82) is 5.41 Å². The predicted molar refractivity (Wildman–Crippen MR) is 498 cm³/mol. The number of fused-ring (bicyclic) bond motifs is 2. The van der Waals surface area contributed by atoms with Crippen molar-refractivity contribution in [3.63, 3.8) is 0 Å². The normalized spacial score (nSPS) is 20.5. The number of Topliss-reactive ketones (excluding diaryl/α,β-unsaturated/α-hetero) is 1. The van der Waals surface area contributed by atoms with Crippen LogP contribution in [-0.2, 0) is 97.2 Å². The Morgan fingerprint density at radius 3 is 1.59 bits per heavy atom. The number of aliphatic hydroxyl groups is 3. The zero-order valence-electron chi connectivity index (χ0n) is 75.1. The van der Waals surface area contributed by atoms with E-state index < -0.39 is 186 Å². The molecule has 6 heterocycles. The number of hydrogen-bond acceptors (Lipinski definition) is 27. The Morgan fingerprint density at radius 1 is 0.564 bits per heavy atom. The molecule has 2 fully saturated rings. The number of aliphatic carboxylic acids is 1. The second kappa shape index (κ2) is 49.9. The Hall–Kier alpha value is -12.4. The van der Waals surface area contributed by atoms with Crippen molar-refractivity contribution in [3.8, 4) is 45.7 Å². The van der Waals surface area contributed by atoms with Crippen LogP contribution >= 0.6 is 35.3 Å². The summed E-state index contributed by atoms with van der Waals surface area (Å²) in [5.41, 5.74) is 16.3. The number of aliphatic hydroxyl groups excluding tert-OH is 3. The molecule has 42 heteroatoms. The average molecular weight is 1900 g/mol. The molecule has 6 bridgehead atoms. The molecular weight excluding hydrogens is 1780 g/mol. The summed E-state index contributed by atoms with van der Waals surface area (Å²) in [5, 5.41) is 98.5. The van der Waals surface area contributed by atoms with E-state index in [1.807, 2.05) is 24.3 Å². The summed E-state index contributed by atoms with van der Waals surface area (Å²) in [4.78, 5) is 215. The fourth-order valence-corrected chi connectivity index (χ4v) is 17.7. The summed E-state index contributed by atoms with van der Waals surface area (Å²) < 4.78 is 0. The lowest BCUT2D eigenvalue weighted by Crippen LogP contribution is -2.62. The lowest BCUT2D eigenvalue weighted by atomic mass is 10.0. The molecule has 5 aromatic carbocycles. The van der Waals surface area contributed by atoms with Gasteiger partial charge in [0.2, 0.25) is 70.9 Å². The van der Waals surface area contributed by atoms with Gasteiger partial charge in [-0.1, -0.05) is 118 Å². The number of carbonyl (C=O) groups excluding carboxylic acids is 13. The van der Waals surface area contributed by atoms with Gasteiger partial charge in [0.05, 0.1) is 36.8 Å². The van der Waals surface area contributed by atoms with Crippen LogP contribution in [0.4, 0.5) is 0 Å². The number of aromatic nitrogens is 3. The third kappa shape index (κ3) is 30.6. The van der Waals surface area contributed by atoms with E-state index >= 15 is 9.59 Å². The number of guanidine groups is 1. The zero-order chi connectivity index (χ0) is 97.0. The highest BCUT2D eigenvalue weighted by Crippen LogP contribution is 2.31. The van der Waals surface area contributed by atoms with Crippen molar-refractivity contribution < 1.29 is 97.8 Å². The monoisotopic (exact) mass is 1890 g/mol. The first-order chi connectivity index (χ1) is 63.2. The molecule has 0 radical (unpaired) electrons. The Morgan fingerprint density at radius 2 is 1.06 bits per heavy atom. The molecule has 12 amide bonds. The Bertz CT molecular complexity index is 5100. The highest BCUT2D eigenvalue weighted by atomic mass is 32.2. The molecule has 16 atom stereocenters. The van der Waals surface area contributed by atoms with Gasteiger partial charge in [0.25, 0.3) is 0 Å². The van der Waals surface area contributed by atoms with Crippen LogP contribution in [0.25, 0.3) is 34.2 Å². The quantitative estimate of drug-likeness (QED) is 0.0161. The third-order valence-corrected chi connectivity index (χ3v) is 26.0. The van der Waals surface area contributed by atoms with Crippen molar-refractivity contribution in [3.05, 3.63) is 149 Å². The van der Waals surface area contributed by atoms with Gasteiger partial charge < -0.3 is 110 Å². The number of nitrogens with zero attached hydrogens (tertiary/aromatic N) is 5. The first kappa shape index (κ1) is 104. The van der Waals surface area contributed by atoms with Crippen molar-refractivity contribution >= 4 is 124 Å². The Labute approximate surface area is 782 Å². The minimum absolute atomic E-state index is 0.00580. The van der Waals surface area contributed by atoms with E-state index in [9.17, 15) is 88.2 Å². The number of thioether (sulfide) groups is 3. The summed E-state index contributed by atoms with van der Waals surface area (Å²) >= 11 is 3.71. The summed E-state index contributed by atoms with van der Waals surface area (Å²) in [7, 11) is 0. The minimum Gasteiger partial charge on any atom is -0.508 e. The molecule has 6 aromatic rings. The first-order valence-electron chi connectivity index (χ1n) is 43.8. The highest BCUT2D eigenvalue weighted by Gasteiger charge is 2.46. The van der Waals surface area contributed by atoms with E-state index in [0.29, 0.717) is 46.2 Å². The maximum atomic E-state index is 15.3. The molecule has 1 aromatic heterocycles. The molecule has 2 unspecified atom stereocenters. The molecule has 2 saturated heterocycles. The van der Waals surface area contributed by atoms with Crippen LogP contribution in [-0.4, -0.2) is 278 Å². The number of hydrogen-bond donors (Lipinski definition) is 20. The molecule has 11 rings (SSSR count). The Balaban J connectivity index is 1.04. The number of nitrogens with one attached hydrogen (secondary N) is 12. The highest BCUT2D eigenvalue weighted by molar-refractivity contribution is 7.99. The van der Waals surface area contributed by atoms with Gasteiger partial charge >= 0.3 is 5.97 Å². The van der Waals surface area contributed by atoms with Crippen LogP contribution in [0.1, 0.15) is 122 Å². The molecule has 0 saturated carbocycles. The summed E-state index contributed by atoms with van der Waals surface area (Å²) in [6, 6.07) is 15.7. The number of nitrogens with two attached hydrogens (primary N) is 2. The molecule has 39 nitrogen and oxygen atoms in total. The fourth-order valence-electron chi connectivity index (χ4n) is 14.6. The van der Waals surface area contributed by atoms with Crippen molar-refractivity contribution in [1.82, 2.24) is 83.2 Å². The second-order valence-corrected chi connectivity index (χ2v) is 36.7. The van der Waals surface area contributed by atoms with Crippen LogP contribution in [0.5, 0.6) is 11.5 Å². The van der Waals surface area contributed by atoms with Crippen molar-refractivity contribution in [2.45, 2.75) is 215 Å². The Kier molecular flexibility index (Phi) is 39.2.